The van der Waals surface area contributed by atoms with E-state index < -0.39 is 0 Å². The van der Waals surface area contributed by atoms with Crippen LogP contribution in [-0.4, -0.2) is 22.8 Å². The topological polar surface area (TPSA) is 40.7 Å². The highest BCUT2D eigenvalue weighted by Crippen LogP contribution is 2.39. The fourth-order valence-corrected chi connectivity index (χ4v) is 2.33. The van der Waals surface area contributed by atoms with E-state index in [-0.39, 0.29) is 0 Å². The van der Waals surface area contributed by atoms with Crippen molar-refractivity contribution >= 4 is 0 Å². The Labute approximate surface area is 101 Å². The summed E-state index contributed by atoms with van der Waals surface area (Å²) in [5.74, 6) is 0. The van der Waals surface area contributed by atoms with Crippen LogP contribution in [0.3, 0.4) is 0 Å². The van der Waals surface area contributed by atoms with Crippen molar-refractivity contribution in [1.82, 2.24) is 15.5 Å². The molecule has 1 aromatic carbocycles. The third-order valence-corrected chi connectivity index (χ3v) is 3.69. The molecule has 3 nitrogen and oxygen atoms in total. The van der Waals surface area contributed by atoms with Gasteiger partial charge in [0.05, 0.1) is 11.9 Å². The molecule has 0 saturated heterocycles. The summed E-state index contributed by atoms with van der Waals surface area (Å²) in [6.45, 7) is 0. The van der Waals surface area contributed by atoms with Crippen molar-refractivity contribution in [3.8, 4) is 11.3 Å². The number of H-pyrrole nitrogens is 1. The second kappa shape index (κ2) is 4.00. The summed E-state index contributed by atoms with van der Waals surface area (Å²) < 4.78 is 0. The van der Waals surface area contributed by atoms with Gasteiger partial charge in [0.25, 0.3) is 0 Å². The van der Waals surface area contributed by atoms with Crippen LogP contribution in [0, 0.1) is 0 Å². The summed E-state index contributed by atoms with van der Waals surface area (Å²) in [4.78, 5) is 0. The summed E-state index contributed by atoms with van der Waals surface area (Å²) in [5.41, 5.74) is 4.01. The quantitative estimate of drug-likeness (QED) is 0.842. The van der Waals surface area contributed by atoms with Crippen LogP contribution in [0.4, 0.5) is 0 Å². The molecular weight excluding hydrogens is 210 g/mol. The van der Waals surface area contributed by atoms with E-state index in [0.29, 0.717) is 5.54 Å². The van der Waals surface area contributed by atoms with E-state index in [1.54, 1.807) is 0 Å². The lowest BCUT2D eigenvalue weighted by Crippen LogP contribution is -2.29. The Morgan fingerprint density at radius 2 is 2.06 bits per heavy atom. The van der Waals surface area contributed by atoms with E-state index in [0.717, 1.165) is 12.1 Å². The van der Waals surface area contributed by atoms with Crippen LogP contribution in [0.25, 0.3) is 11.3 Å². The Hall–Kier alpha value is -1.61. The standard InChI is InChI=1S/C14H17N3/c1-15-14(7-8-14)9-12-10-16-17-13(12)11-5-3-2-4-6-11/h2-6,10,15H,7-9H2,1H3,(H,16,17). The molecule has 1 fully saturated rings. The van der Waals surface area contributed by atoms with Crippen LogP contribution in [0.5, 0.6) is 0 Å². The first kappa shape index (κ1) is 10.5. The molecule has 1 aliphatic rings. The van der Waals surface area contributed by atoms with Crippen LogP contribution in [0.2, 0.25) is 0 Å². The van der Waals surface area contributed by atoms with Gasteiger partial charge in [-0.2, -0.15) is 5.10 Å². The first-order valence-electron chi connectivity index (χ1n) is 6.10. The fourth-order valence-electron chi connectivity index (χ4n) is 2.33. The van der Waals surface area contributed by atoms with Crippen molar-refractivity contribution in [3.63, 3.8) is 0 Å². The number of likely N-dealkylation sites (N-methyl/N-ethyl adjacent to an activating group) is 1. The first-order valence-corrected chi connectivity index (χ1v) is 6.10. The van der Waals surface area contributed by atoms with Gasteiger partial charge < -0.3 is 5.32 Å². The second-order valence-electron chi connectivity index (χ2n) is 4.84. The van der Waals surface area contributed by atoms with Crippen LogP contribution >= 0.6 is 0 Å². The van der Waals surface area contributed by atoms with E-state index in [4.69, 9.17) is 0 Å². The number of benzene rings is 1. The monoisotopic (exact) mass is 227 g/mol. The molecule has 0 bridgehead atoms. The van der Waals surface area contributed by atoms with Gasteiger partial charge in [-0.1, -0.05) is 30.3 Å². The third-order valence-electron chi connectivity index (χ3n) is 3.69. The Bertz CT molecular complexity index is 497. The Morgan fingerprint density at radius 3 is 2.71 bits per heavy atom. The van der Waals surface area contributed by atoms with Crippen molar-refractivity contribution < 1.29 is 0 Å². The number of aromatic amines is 1. The summed E-state index contributed by atoms with van der Waals surface area (Å²) in [7, 11) is 2.05. The van der Waals surface area contributed by atoms with Crippen molar-refractivity contribution in [3.05, 3.63) is 42.1 Å². The third kappa shape index (κ3) is 1.98. The zero-order chi connectivity index (χ0) is 11.7. The van der Waals surface area contributed by atoms with Gasteiger partial charge in [0, 0.05) is 5.54 Å². The van der Waals surface area contributed by atoms with Gasteiger partial charge in [-0.3, -0.25) is 5.10 Å². The lowest BCUT2D eigenvalue weighted by atomic mass is 10.0. The van der Waals surface area contributed by atoms with Gasteiger partial charge in [-0.15, -0.1) is 0 Å². The van der Waals surface area contributed by atoms with Crippen molar-refractivity contribution in [1.29, 1.82) is 0 Å². The number of aromatic nitrogens is 2. The van der Waals surface area contributed by atoms with E-state index in [1.165, 1.54) is 24.0 Å². The molecule has 0 unspecified atom stereocenters. The zero-order valence-electron chi connectivity index (χ0n) is 10.0. The summed E-state index contributed by atoms with van der Waals surface area (Å²) in [6.07, 6.45) is 5.55. The Morgan fingerprint density at radius 1 is 1.29 bits per heavy atom. The minimum Gasteiger partial charge on any atom is -0.314 e. The number of hydrogen-bond acceptors (Lipinski definition) is 2. The molecule has 0 spiro atoms. The first-order chi connectivity index (χ1) is 8.33. The molecule has 0 atom stereocenters. The van der Waals surface area contributed by atoms with Gasteiger partial charge in [0.1, 0.15) is 0 Å². The molecule has 0 radical (unpaired) electrons. The highest BCUT2D eigenvalue weighted by atomic mass is 15.1. The van der Waals surface area contributed by atoms with Crippen LogP contribution < -0.4 is 5.32 Å². The van der Waals surface area contributed by atoms with E-state index >= 15 is 0 Å². The SMILES string of the molecule is CNC1(Cc2cn[nH]c2-c2ccccc2)CC1. The molecule has 1 heterocycles. The minimum absolute atomic E-state index is 0.327. The minimum atomic E-state index is 0.327. The highest BCUT2D eigenvalue weighted by Gasteiger charge is 2.41. The number of rotatable bonds is 4. The number of nitrogens with zero attached hydrogens (tertiary/aromatic N) is 1. The molecule has 1 aliphatic carbocycles. The van der Waals surface area contributed by atoms with Gasteiger partial charge >= 0.3 is 0 Å². The average molecular weight is 227 g/mol. The van der Waals surface area contributed by atoms with Crippen molar-refractivity contribution in [2.75, 3.05) is 7.05 Å². The maximum atomic E-state index is 4.19. The summed E-state index contributed by atoms with van der Waals surface area (Å²) in [6, 6.07) is 10.4. The van der Waals surface area contributed by atoms with Crippen LogP contribution in [-0.2, 0) is 6.42 Å². The van der Waals surface area contributed by atoms with Crippen LogP contribution in [0.15, 0.2) is 36.5 Å². The molecule has 3 rings (SSSR count). The van der Waals surface area contributed by atoms with Gasteiger partial charge in [0.2, 0.25) is 0 Å². The molecule has 0 aliphatic heterocycles. The normalized spacial score (nSPS) is 17.0. The average Bonchev–Trinajstić information content (AvgIpc) is 3.00. The van der Waals surface area contributed by atoms with Gasteiger partial charge in [-0.25, -0.2) is 0 Å². The van der Waals surface area contributed by atoms with Crippen LogP contribution in [0.1, 0.15) is 18.4 Å². The largest absolute Gasteiger partial charge is 0.314 e. The van der Waals surface area contributed by atoms with Gasteiger partial charge in [-0.05, 0) is 37.4 Å². The molecule has 2 N–H and O–H groups in total. The Kier molecular flexibility index (Phi) is 2.48. The second-order valence-corrected chi connectivity index (χ2v) is 4.84. The predicted octanol–water partition coefficient (Wildman–Crippen LogP) is 2.37. The van der Waals surface area contributed by atoms with E-state index in [2.05, 4.69) is 46.8 Å². The smallest absolute Gasteiger partial charge is 0.0682 e. The summed E-state index contributed by atoms with van der Waals surface area (Å²) >= 11 is 0. The highest BCUT2D eigenvalue weighted by molar-refractivity contribution is 5.62. The lowest BCUT2D eigenvalue weighted by molar-refractivity contribution is 0.549. The predicted molar refractivity (Wildman–Crippen MR) is 68.8 cm³/mol. The van der Waals surface area contributed by atoms with E-state index in [9.17, 15) is 0 Å². The van der Waals surface area contributed by atoms with Crippen molar-refractivity contribution in [2.24, 2.45) is 0 Å². The molecule has 17 heavy (non-hydrogen) atoms. The maximum absolute atomic E-state index is 4.19. The lowest BCUT2D eigenvalue weighted by Gasteiger charge is -2.13. The number of hydrogen-bond donors (Lipinski definition) is 2. The molecular formula is C14H17N3. The van der Waals surface area contributed by atoms with E-state index in [1.807, 2.05) is 12.3 Å². The zero-order valence-corrected chi connectivity index (χ0v) is 10.0. The maximum Gasteiger partial charge on any atom is 0.0682 e. The van der Waals surface area contributed by atoms with Gasteiger partial charge in [0.15, 0.2) is 0 Å². The molecule has 1 aromatic heterocycles. The molecule has 0 amide bonds. The molecule has 88 valence electrons. The fraction of sp³-hybridized carbons (Fsp3) is 0.357. The number of nitrogens with one attached hydrogen (secondary N) is 2. The van der Waals surface area contributed by atoms with Crippen molar-refractivity contribution in [2.45, 2.75) is 24.8 Å². The summed E-state index contributed by atoms with van der Waals surface area (Å²) in [5, 5.41) is 10.7. The molecule has 2 aromatic rings. The molecule has 1 saturated carbocycles. The molecule has 3 heteroatoms. The Balaban J connectivity index is 1.90.